The van der Waals surface area contributed by atoms with Crippen molar-refractivity contribution in [3.63, 3.8) is 0 Å². The van der Waals surface area contributed by atoms with Gasteiger partial charge in [0.1, 0.15) is 6.61 Å². The van der Waals surface area contributed by atoms with E-state index in [2.05, 4.69) is 12.2 Å². The first-order valence-electron chi connectivity index (χ1n) is 6.86. The van der Waals surface area contributed by atoms with E-state index in [1.165, 1.54) is 12.8 Å². The molecule has 0 aromatic carbocycles. The highest BCUT2D eigenvalue weighted by Gasteiger charge is 2.22. The Morgan fingerprint density at radius 2 is 2.12 bits per heavy atom. The summed E-state index contributed by atoms with van der Waals surface area (Å²) in [5, 5.41) is 3.25. The van der Waals surface area contributed by atoms with Crippen LogP contribution in [0.4, 0.5) is 0 Å². The first kappa shape index (κ1) is 12.8. The fourth-order valence-corrected chi connectivity index (χ4v) is 2.72. The van der Waals surface area contributed by atoms with Crippen LogP contribution < -0.4 is 5.32 Å². The number of carbonyl (C=O) groups excluding carboxylic acids is 1. The van der Waals surface area contributed by atoms with Crippen LogP contribution >= 0.6 is 0 Å². The average Bonchev–Trinajstić information content (AvgIpc) is 2.37. The number of ether oxygens (including phenoxy) is 1. The van der Waals surface area contributed by atoms with E-state index < -0.39 is 0 Å². The summed E-state index contributed by atoms with van der Waals surface area (Å²) in [6.07, 6.45) is 5.11. The molecule has 1 N–H and O–H groups in total. The maximum Gasteiger partial charge on any atom is 0.248 e. The van der Waals surface area contributed by atoms with Crippen molar-refractivity contribution in [2.75, 3.05) is 32.8 Å². The lowest BCUT2D eigenvalue weighted by atomic mass is 9.89. The zero-order valence-corrected chi connectivity index (χ0v) is 10.8. The molecule has 1 heterocycles. The molecular formula is C13H24N2O2. The van der Waals surface area contributed by atoms with E-state index >= 15 is 0 Å². The quantitative estimate of drug-likeness (QED) is 0.800. The van der Waals surface area contributed by atoms with Gasteiger partial charge in [-0.2, -0.15) is 0 Å². The molecule has 2 rings (SSSR count). The van der Waals surface area contributed by atoms with Gasteiger partial charge in [0.25, 0.3) is 0 Å². The summed E-state index contributed by atoms with van der Waals surface area (Å²) in [5.74, 6) is 0.910. The van der Waals surface area contributed by atoms with E-state index in [0.29, 0.717) is 6.10 Å². The van der Waals surface area contributed by atoms with Gasteiger partial charge in [0.2, 0.25) is 5.91 Å². The highest BCUT2D eigenvalue weighted by molar-refractivity contribution is 5.77. The SMILES string of the molecule is CC1CCCC(OCC(=O)N2CCNCC2)C1. The Labute approximate surface area is 104 Å². The molecule has 17 heavy (non-hydrogen) atoms. The van der Waals surface area contributed by atoms with Crippen molar-refractivity contribution in [3.8, 4) is 0 Å². The van der Waals surface area contributed by atoms with Crippen molar-refractivity contribution in [2.24, 2.45) is 5.92 Å². The zero-order chi connectivity index (χ0) is 12.1. The molecule has 98 valence electrons. The van der Waals surface area contributed by atoms with Crippen LogP contribution in [0.2, 0.25) is 0 Å². The number of hydrogen-bond donors (Lipinski definition) is 1. The number of piperazine rings is 1. The Morgan fingerprint density at radius 3 is 2.82 bits per heavy atom. The zero-order valence-electron chi connectivity index (χ0n) is 10.8. The summed E-state index contributed by atoms with van der Waals surface area (Å²) >= 11 is 0. The maximum atomic E-state index is 11.9. The molecule has 4 heteroatoms. The molecule has 0 aromatic heterocycles. The second-order valence-electron chi connectivity index (χ2n) is 5.34. The number of nitrogens with one attached hydrogen (secondary N) is 1. The second kappa shape index (κ2) is 6.36. The van der Waals surface area contributed by atoms with Crippen LogP contribution in [0.25, 0.3) is 0 Å². The van der Waals surface area contributed by atoms with Gasteiger partial charge in [-0.15, -0.1) is 0 Å². The number of nitrogens with zero attached hydrogens (tertiary/aromatic N) is 1. The maximum absolute atomic E-state index is 11.9. The summed E-state index contributed by atoms with van der Waals surface area (Å²) in [6, 6.07) is 0. The molecule has 1 aliphatic heterocycles. The molecule has 0 aromatic rings. The predicted octanol–water partition coefficient (Wildman–Crippen LogP) is 1.01. The molecular weight excluding hydrogens is 216 g/mol. The topological polar surface area (TPSA) is 41.6 Å². The van der Waals surface area contributed by atoms with E-state index in [4.69, 9.17) is 4.74 Å². The van der Waals surface area contributed by atoms with Crippen LogP contribution in [-0.2, 0) is 9.53 Å². The van der Waals surface area contributed by atoms with E-state index in [0.717, 1.165) is 44.9 Å². The fraction of sp³-hybridized carbons (Fsp3) is 0.923. The van der Waals surface area contributed by atoms with Crippen LogP contribution in [0, 0.1) is 5.92 Å². The van der Waals surface area contributed by atoms with Crippen molar-refractivity contribution in [2.45, 2.75) is 38.7 Å². The van der Waals surface area contributed by atoms with Crippen LogP contribution in [0.5, 0.6) is 0 Å². The van der Waals surface area contributed by atoms with Gasteiger partial charge in [-0.05, 0) is 18.8 Å². The molecule has 1 saturated carbocycles. The molecule has 2 unspecified atom stereocenters. The Kier molecular flexibility index (Phi) is 4.80. The fourth-order valence-electron chi connectivity index (χ4n) is 2.72. The average molecular weight is 240 g/mol. The van der Waals surface area contributed by atoms with Crippen LogP contribution in [0.3, 0.4) is 0 Å². The normalized spacial score (nSPS) is 30.3. The number of hydrogen-bond acceptors (Lipinski definition) is 3. The molecule has 0 spiro atoms. The number of carbonyl (C=O) groups is 1. The first-order valence-corrected chi connectivity index (χ1v) is 6.86. The molecule has 1 amide bonds. The second-order valence-corrected chi connectivity index (χ2v) is 5.34. The molecule has 0 bridgehead atoms. The van der Waals surface area contributed by atoms with Gasteiger partial charge < -0.3 is 15.0 Å². The highest BCUT2D eigenvalue weighted by atomic mass is 16.5. The van der Waals surface area contributed by atoms with Crippen LogP contribution in [-0.4, -0.2) is 49.7 Å². The number of rotatable bonds is 3. The molecule has 1 saturated heterocycles. The summed E-state index contributed by atoms with van der Waals surface area (Å²) in [7, 11) is 0. The summed E-state index contributed by atoms with van der Waals surface area (Å²) in [5.41, 5.74) is 0. The highest BCUT2D eigenvalue weighted by Crippen LogP contribution is 2.25. The minimum Gasteiger partial charge on any atom is -0.368 e. The molecule has 2 fully saturated rings. The minimum atomic E-state index is 0.157. The Hall–Kier alpha value is -0.610. The standard InChI is InChI=1S/C13H24N2O2/c1-11-3-2-4-12(9-11)17-10-13(16)15-7-5-14-6-8-15/h11-12,14H,2-10H2,1H3. The molecule has 2 atom stereocenters. The van der Waals surface area contributed by atoms with Gasteiger partial charge in [-0.1, -0.05) is 19.8 Å². The third kappa shape index (κ3) is 3.96. The summed E-state index contributed by atoms with van der Waals surface area (Å²) in [6.45, 7) is 6.01. The molecule has 4 nitrogen and oxygen atoms in total. The van der Waals surface area contributed by atoms with Gasteiger partial charge in [0, 0.05) is 26.2 Å². The Bertz CT molecular complexity index is 252. The van der Waals surface area contributed by atoms with Gasteiger partial charge in [0.05, 0.1) is 6.10 Å². The lowest BCUT2D eigenvalue weighted by Gasteiger charge is -2.30. The third-order valence-corrected chi connectivity index (χ3v) is 3.80. The van der Waals surface area contributed by atoms with E-state index in [-0.39, 0.29) is 12.5 Å². The summed E-state index contributed by atoms with van der Waals surface area (Å²) in [4.78, 5) is 13.8. The summed E-state index contributed by atoms with van der Waals surface area (Å²) < 4.78 is 5.76. The lowest BCUT2D eigenvalue weighted by molar-refractivity contribution is -0.139. The van der Waals surface area contributed by atoms with E-state index in [9.17, 15) is 4.79 Å². The third-order valence-electron chi connectivity index (χ3n) is 3.80. The van der Waals surface area contributed by atoms with Crippen molar-refractivity contribution >= 4 is 5.91 Å². The molecule has 2 aliphatic rings. The minimum absolute atomic E-state index is 0.157. The molecule has 1 aliphatic carbocycles. The first-order chi connectivity index (χ1) is 8.25. The van der Waals surface area contributed by atoms with Crippen LogP contribution in [0.15, 0.2) is 0 Å². The van der Waals surface area contributed by atoms with Gasteiger partial charge in [0.15, 0.2) is 0 Å². The van der Waals surface area contributed by atoms with Gasteiger partial charge >= 0.3 is 0 Å². The smallest absolute Gasteiger partial charge is 0.248 e. The van der Waals surface area contributed by atoms with E-state index in [1.54, 1.807) is 0 Å². The largest absolute Gasteiger partial charge is 0.368 e. The number of amides is 1. The molecule has 0 radical (unpaired) electrons. The van der Waals surface area contributed by atoms with Crippen molar-refractivity contribution in [1.29, 1.82) is 0 Å². The van der Waals surface area contributed by atoms with Gasteiger partial charge in [-0.3, -0.25) is 4.79 Å². The van der Waals surface area contributed by atoms with Crippen molar-refractivity contribution in [1.82, 2.24) is 10.2 Å². The van der Waals surface area contributed by atoms with Crippen molar-refractivity contribution < 1.29 is 9.53 Å². The Morgan fingerprint density at radius 1 is 1.35 bits per heavy atom. The van der Waals surface area contributed by atoms with Gasteiger partial charge in [-0.25, -0.2) is 0 Å². The van der Waals surface area contributed by atoms with Crippen LogP contribution in [0.1, 0.15) is 32.6 Å². The monoisotopic (exact) mass is 240 g/mol. The lowest BCUT2D eigenvalue weighted by Crippen LogP contribution is -2.48. The van der Waals surface area contributed by atoms with E-state index in [1.807, 2.05) is 4.90 Å². The Balaban J connectivity index is 1.68. The predicted molar refractivity (Wildman–Crippen MR) is 66.8 cm³/mol. The van der Waals surface area contributed by atoms with Crippen molar-refractivity contribution in [3.05, 3.63) is 0 Å².